The van der Waals surface area contributed by atoms with Crippen LogP contribution in [0.5, 0.6) is 0 Å². The first-order valence-corrected chi connectivity index (χ1v) is 6.23. The number of alkyl halides is 1. The third-order valence-electron chi connectivity index (χ3n) is 4.03. The third kappa shape index (κ3) is 1.76. The Balaban J connectivity index is 2.08. The minimum absolute atomic E-state index is 0.0158. The normalized spacial score (nSPS) is 34.5. The van der Waals surface area contributed by atoms with Gasteiger partial charge in [-0.3, -0.25) is 4.79 Å². The predicted octanol–water partition coefficient (Wildman–Crippen LogP) is 1.38. The van der Waals surface area contributed by atoms with Crippen LogP contribution in [0.4, 0.5) is 0 Å². The smallest absolute Gasteiger partial charge is 0.224 e. The van der Waals surface area contributed by atoms with E-state index in [1.54, 1.807) is 0 Å². The van der Waals surface area contributed by atoms with Crippen LogP contribution < -0.4 is 0 Å². The van der Waals surface area contributed by atoms with Gasteiger partial charge in [0.2, 0.25) is 5.91 Å². The number of rotatable bonds is 3. The molecule has 0 radical (unpaired) electrons. The monoisotopic (exact) mass is 231 g/mol. The van der Waals surface area contributed by atoms with Crippen molar-refractivity contribution in [3.63, 3.8) is 0 Å². The van der Waals surface area contributed by atoms with Crippen LogP contribution in [0.2, 0.25) is 0 Å². The van der Waals surface area contributed by atoms with Crippen molar-refractivity contribution in [3.8, 4) is 0 Å². The molecule has 4 heteroatoms. The zero-order valence-corrected chi connectivity index (χ0v) is 9.67. The minimum Gasteiger partial charge on any atom is -0.396 e. The highest BCUT2D eigenvalue weighted by Crippen LogP contribution is 2.48. The molecule has 1 N–H and O–H groups in total. The lowest BCUT2D eigenvalue weighted by molar-refractivity contribution is -0.132. The average Bonchev–Trinajstić information content (AvgIpc) is 2.75. The quantitative estimate of drug-likeness (QED) is 0.746. The number of aliphatic hydroxyl groups is 1. The Bertz CT molecular complexity index is 259. The van der Waals surface area contributed by atoms with Gasteiger partial charge in [0, 0.05) is 30.3 Å². The summed E-state index contributed by atoms with van der Waals surface area (Å²) >= 11 is 5.59. The molecule has 3 nitrogen and oxygen atoms in total. The maximum Gasteiger partial charge on any atom is 0.224 e. The van der Waals surface area contributed by atoms with E-state index < -0.39 is 0 Å². The van der Waals surface area contributed by atoms with E-state index in [0.29, 0.717) is 12.3 Å². The van der Waals surface area contributed by atoms with Crippen LogP contribution in [0.15, 0.2) is 0 Å². The lowest BCUT2D eigenvalue weighted by atomic mass is 9.83. The molecule has 1 heterocycles. The molecule has 1 saturated heterocycles. The molecule has 1 amide bonds. The molecule has 2 rings (SSSR count). The van der Waals surface area contributed by atoms with Gasteiger partial charge in [-0.1, -0.05) is 6.42 Å². The van der Waals surface area contributed by atoms with Crippen LogP contribution in [-0.2, 0) is 4.79 Å². The second-order valence-electron chi connectivity index (χ2n) is 4.70. The van der Waals surface area contributed by atoms with Gasteiger partial charge in [0.05, 0.1) is 6.61 Å². The fourth-order valence-electron chi connectivity index (χ4n) is 3.18. The molecule has 0 spiro atoms. The highest BCUT2D eigenvalue weighted by atomic mass is 35.5. The standard InChI is InChI=1S/C11H18ClNO2/c12-6-3-10(15)13-7-5-11(8-14)4-1-2-9(11)13/h9,14H,1-8H2/t9-,11-/m1/s1. The first-order chi connectivity index (χ1) is 7.23. The maximum absolute atomic E-state index is 11.8. The number of hydrogen-bond acceptors (Lipinski definition) is 2. The molecule has 0 aromatic rings. The van der Waals surface area contributed by atoms with E-state index in [2.05, 4.69) is 0 Å². The Morgan fingerprint density at radius 3 is 3.00 bits per heavy atom. The number of likely N-dealkylation sites (tertiary alicyclic amines) is 1. The van der Waals surface area contributed by atoms with Crippen LogP contribution in [0.3, 0.4) is 0 Å². The van der Waals surface area contributed by atoms with Gasteiger partial charge in [-0.2, -0.15) is 0 Å². The fourth-order valence-corrected chi connectivity index (χ4v) is 3.35. The lowest BCUT2D eigenvalue weighted by Crippen LogP contribution is -2.41. The largest absolute Gasteiger partial charge is 0.396 e. The number of amides is 1. The van der Waals surface area contributed by atoms with Gasteiger partial charge in [-0.15, -0.1) is 11.6 Å². The summed E-state index contributed by atoms with van der Waals surface area (Å²) in [5, 5.41) is 9.49. The fraction of sp³-hybridized carbons (Fsp3) is 0.909. The van der Waals surface area contributed by atoms with Gasteiger partial charge in [0.1, 0.15) is 0 Å². The summed E-state index contributed by atoms with van der Waals surface area (Å²) < 4.78 is 0. The van der Waals surface area contributed by atoms with Crippen LogP contribution in [0, 0.1) is 5.41 Å². The van der Waals surface area contributed by atoms with Crippen LogP contribution in [-0.4, -0.2) is 41.0 Å². The number of halogens is 1. The van der Waals surface area contributed by atoms with E-state index in [1.807, 2.05) is 4.90 Å². The molecule has 0 unspecified atom stereocenters. The van der Waals surface area contributed by atoms with Crippen molar-refractivity contribution in [1.29, 1.82) is 0 Å². The van der Waals surface area contributed by atoms with Crippen molar-refractivity contribution in [2.75, 3.05) is 19.0 Å². The first kappa shape index (κ1) is 11.2. The van der Waals surface area contributed by atoms with E-state index in [9.17, 15) is 9.90 Å². The van der Waals surface area contributed by atoms with Crippen molar-refractivity contribution in [2.45, 2.75) is 38.1 Å². The Morgan fingerprint density at radius 2 is 2.33 bits per heavy atom. The van der Waals surface area contributed by atoms with Gasteiger partial charge < -0.3 is 10.0 Å². The molecule has 0 bridgehead atoms. The van der Waals surface area contributed by atoms with Gasteiger partial charge in [0.15, 0.2) is 0 Å². The topological polar surface area (TPSA) is 40.5 Å². The van der Waals surface area contributed by atoms with Crippen LogP contribution in [0.25, 0.3) is 0 Å². The van der Waals surface area contributed by atoms with Crippen molar-refractivity contribution in [3.05, 3.63) is 0 Å². The molecule has 2 aliphatic rings. The average molecular weight is 232 g/mol. The van der Waals surface area contributed by atoms with E-state index in [1.165, 1.54) is 0 Å². The van der Waals surface area contributed by atoms with Gasteiger partial charge >= 0.3 is 0 Å². The molecule has 0 aromatic heterocycles. The zero-order valence-electron chi connectivity index (χ0n) is 8.91. The maximum atomic E-state index is 11.8. The number of carbonyl (C=O) groups is 1. The van der Waals surface area contributed by atoms with E-state index >= 15 is 0 Å². The summed E-state index contributed by atoms with van der Waals surface area (Å²) in [6.07, 6.45) is 4.64. The van der Waals surface area contributed by atoms with Crippen molar-refractivity contribution in [2.24, 2.45) is 5.41 Å². The van der Waals surface area contributed by atoms with E-state index in [0.717, 1.165) is 32.2 Å². The van der Waals surface area contributed by atoms with Crippen molar-refractivity contribution in [1.82, 2.24) is 4.90 Å². The lowest BCUT2D eigenvalue weighted by Gasteiger charge is -2.30. The number of carbonyl (C=O) groups excluding carboxylic acids is 1. The van der Waals surface area contributed by atoms with Crippen LogP contribution in [0.1, 0.15) is 32.1 Å². The number of aliphatic hydroxyl groups excluding tert-OH is 1. The first-order valence-electron chi connectivity index (χ1n) is 5.70. The summed E-state index contributed by atoms with van der Waals surface area (Å²) in [7, 11) is 0. The second kappa shape index (κ2) is 4.30. The molecular formula is C11H18ClNO2. The summed E-state index contributed by atoms with van der Waals surface area (Å²) in [4.78, 5) is 13.8. The molecule has 1 saturated carbocycles. The Morgan fingerprint density at radius 1 is 1.53 bits per heavy atom. The molecule has 2 atom stereocenters. The molecular weight excluding hydrogens is 214 g/mol. The molecule has 1 aliphatic carbocycles. The molecule has 86 valence electrons. The Kier molecular flexibility index (Phi) is 3.21. The highest BCUT2D eigenvalue weighted by molar-refractivity contribution is 6.18. The van der Waals surface area contributed by atoms with Gasteiger partial charge in [-0.05, 0) is 19.3 Å². The van der Waals surface area contributed by atoms with Crippen LogP contribution >= 0.6 is 11.6 Å². The van der Waals surface area contributed by atoms with Crippen molar-refractivity contribution >= 4 is 17.5 Å². The second-order valence-corrected chi connectivity index (χ2v) is 5.08. The number of fused-ring (bicyclic) bond motifs is 1. The molecule has 0 aromatic carbocycles. The van der Waals surface area contributed by atoms with E-state index in [-0.39, 0.29) is 24.0 Å². The summed E-state index contributed by atoms with van der Waals surface area (Å²) in [6.45, 7) is 1.03. The van der Waals surface area contributed by atoms with E-state index in [4.69, 9.17) is 11.6 Å². The number of nitrogens with zero attached hydrogens (tertiary/aromatic N) is 1. The highest BCUT2D eigenvalue weighted by Gasteiger charge is 2.50. The van der Waals surface area contributed by atoms with Gasteiger partial charge in [-0.25, -0.2) is 0 Å². The third-order valence-corrected chi connectivity index (χ3v) is 4.22. The SMILES string of the molecule is O=C(CCCl)N1CC[C@@]2(CO)CCC[C@@H]12. The summed E-state index contributed by atoms with van der Waals surface area (Å²) in [6, 6.07) is 0.276. The Hall–Kier alpha value is -0.280. The minimum atomic E-state index is 0.0158. The zero-order chi connectivity index (χ0) is 10.9. The molecule has 1 aliphatic heterocycles. The van der Waals surface area contributed by atoms with Crippen molar-refractivity contribution < 1.29 is 9.90 Å². The Labute approximate surface area is 95.4 Å². The van der Waals surface area contributed by atoms with Gasteiger partial charge in [0.25, 0.3) is 0 Å². The summed E-state index contributed by atoms with van der Waals surface area (Å²) in [5.74, 6) is 0.556. The summed E-state index contributed by atoms with van der Waals surface area (Å²) in [5.41, 5.74) is 0.0158. The molecule has 15 heavy (non-hydrogen) atoms. The predicted molar refractivity (Wildman–Crippen MR) is 58.8 cm³/mol. The molecule has 2 fully saturated rings. The number of hydrogen-bond donors (Lipinski definition) is 1.